The van der Waals surface area contributed by atoms with E-state index in [1.54, 1.807) is 44.3 Å². The second-order valence-electron chi connectivity index (χ2n) is 9.21. The molecule has 0 aliphatic heterocycles. The molecule has 0 spiro atoms. The van der Waals surface area contributed by atoms with Crippen LogP contribution in [0.4, 0.5) is 14.5 Å². The molecule has 6 aromatic rings. The molecule has 8 nitrogen and oxygen atoms in total. The summed E-state index contributed by atoms with van der Waals surface area (Å²) in [6, 6.07) is 12.8. The Morgan fingerprint density at radius 3 is 2.68 bits per heavy atom. The van der Waals surface area contributed by atoms with Gasteiger partial charge in [-0.05, 0) is 35.9 Å². The molecule has 188 valence electrons. The van der Waals surface area contributed by atoms with Crippen LogP contribution in [0.5, 0.6) is 0 Å². The first-order valence-corrected chi connectivity index (χ1v) is 11.9. The van der Waals surface area contributed by atoms with Crippen LogP contribution in [0.25, 0.3) is 55.8 Å². The molecule has 0 radical (unpaired) electrons. The monoisotopic (exact) mass is 509 g/mol. The predicted octanol–water partition coefficient (Wildman–Crippen LogP) is 6.10. The van der Waals surface area contributed by atoms with Gasteiger partial charge in [0, 0.05) is 46.5 Å². The number of hydrogen-bond acceptors (Lipinski definition) is 5. The second kappa shape index (κ2) is 9.15. The Kier molecular flexibility index (Phi) is 5.64. The lowest BCUT2D eigenvalue weighted by atomic mass is 10.0. The van der Waals surface area contributed by atoms with Crippen LogP contribution in [0.2, 0.25) is 0 Å². The molecule has 2 aromatic carbocycles. The summed E-state index contributed by atoms with van der Waals surface area (Å²) in [4.78, 5) is 28.5. The fourth-order valence-corrected chi connectivity index (χ4v) is 4.30. The number of hydrogen-bond donors (Lipinski definition) is 3. The van der Waals surface area contributed by atoms with E-state index in [0.717, 1.165) is 5.56 Å². The minimum absolute atomic E-state index is 0.159. The van der Waals surface area contributed by atoms with Gasteiger partial charge in [-0.1, -0.05) is 26.0 Å². The maximum Gasteiger partial charge on any atom is 0.226 e. The topological polar surface area (TPSA) is 112 Å². The smallest absolute Gasteiger partial charge is 0.226 e. The Hall–Kier alpha value is -4.99. The molecule has 0 unspecified atom stereocenters. The second-order valence-corrected chi connectivity index (χ2v) is 9.21. The van der Waals surface area contributed by atoms with Crippen molar-refractivity contribution in [3.05, 3.63) is 78.8 Å². The summed E-state index contributed by atoms with van der Waals surface area (Å²) < 4.78 is 29.0. The number of pyridine rings is 2. The molecule has 3 N–H and O–H groups in total. The fourth-order valence-electron chi connectivity index (χ4n) is 4.30. The van der Waals surface area contributed by atoms with E-state index in [1.165, 1.54) is 30.6 Å². The van der Waals surface area contributed by atoms with Crippen molar-refractivity contribution < 1.29 is 13.6 Å². The lowest BCUT2D eigenvalue weighted by Gasteiger charge is -2.09. The van der Waals surface area contributed by atoms with Crippen LogP contribution < -0.4 is 5.32 Å². The standard InChI is InChI=1S/C28H21F2N7O/c1-14(2)28(38)33-18-9-16(12-31-13-18)20-10-21-23(11-22(20)30)36-37-25(21)27-34-24-19(6-7-32-26(24)35-27)15-4-3-5-17(29)8-15/h3-14H,1-2H3,(H,33,38)(H,36,37)(H,32,34,35). The van der Waals surface area contributed by atoms with Crippen molar-refractivity contribution in [2.24, 2.45) is 5.92 Å². The Bertz CT molecular complexity index is 1840. The molecule has 0 saturated carbocycles. The van der Waals surface area contributed by atoms with Gasteiger partial charge < -0.3 is 10.3 Å². The molecule has 0 aliphatic rings. The van der Waals surface area contributed by atoms with Crippen molar-refractivity contribution >= 4 is 33.7 Å². The van der Waals surface area contributed by atoms with Crippen molar-refractivity contribution in [2.45, 2.75) is 13.8 Å². The van der Waals surface area contributed by atoms with Crippen molar-refractivity contribution in [3.8, 4) is 33.8 Å². The number of carbonyl (C=O) groups excluding carboxylic acids is 1. The van der Waals surface area contributed by atoms with E-state index in [2.05, 4.69) is 35.5 Å². The fraction of sp³-hybridized carbons (Fsp3) is 0.107. The number of imidazole rings is 1. The van der Waals surface area contributed by atoms with Crippen LogP contribution in [0.3, 0.4) is 0 Å². The van der Waals surface area contributed by atoms with E-state index >= 15 is 4.39 Å². The van der Waals surface area contributed by atoms with E-state index < -0.39 is 5.82 Å². The third-order valence-electron chi connectivity index (χ3n) is 6.24. The highest BCUT2D eigenvalue weighted by Gasteiger charge is 2.19. The lowest BCUT2D eigenvalue weighted by molar-refractivity contribution is -0.118. The maximum atomic E-state index is 15.2. The van der Waals surface area contributed by atoms with Gasteiger partial charge in [0.2, 0.25) is 5.91 Å². The third kappa shape index (κ3) is 4.15. The zero-order valence-electron chi connectivity index (χ0n) is 20.4. The normalized spacial score (nSPS) is 11.5. The molecule has 38 heavy (non-hydrogen) atoms. The van der Waals surface area contributed by atoms with E-state index in [9.17, 15) is 9.18 Å². The highest BCUT2D eigenvalue weighted by atomic mass is 19.1. The largest absolute Gasteiger partial charge is 0.335 e. The van der Waals surface area contributed by atoms with Gasteiger partial charge in [0.25, 0.3) is 0 Å². The number of amides is 1. The van der Waals surface area contributed by atoms with Crippen molar-refractivity contribution in [1.82, 2.24) is 30.1 Å². The Morgan fingerprint density at radius 2 is 1.87 bits per heavy atom. The van der Waals surface area contributed by atoms with Crippen molar-refractivity contribution in [1.29, 1.82) is 0 Å². The number of nitrogens with one attached hydrogen (secondary N) is 3. The maximum absolute atomic E-state index is 15.2. The number of anilines is 1. The van der Waals surface area contributed by atoms with Gasteiger partial charge in [-0.2, -0.15) is 5.10 Å². The molecular formula is C28H21F2N7O. The number of nitrogens with zero attached hydrogens (tertiary/aromatic N) is 4. The van der Waals surface area contributed by atoms with Gasteiger partial charge >= 0.3 is 0 Å². The van der Waals surface area contributed by atoms with Crippen LogP contribution in [0.15, 0.2) is 67.1 Å². The minimum atomic E-state index is -0.471. The quantitative estimate of drug-likeness (QED) is 0.260. The van der Waals surface area contributed by atoms with Gasteiger partial charge in [0.15, 0.2) is 11.5 Å². The molecule has 0 atom stereocenters. The van der Waals surface area contributed by atoms with E-state index in [-0.39, 0.29) is 17.6 Å². The number of fused-ring (bicyclic) bond motifs is 2. The van der Waals surface area contributed by atoms with Crippen LogP contribution in [0, 0.1) is 17.6 Å². The van der Waals surface area contributed by atoms with Crippen molar-refractivity contribution in [2.75, 3.05) is 5.32 Å². The van der Waals surface area contributed by atoms with E-state index in [1.807, 2.05) is 6.07 Å². The molecule has 0 fully saturated rings. The minimum Gasteiger partial charge on any atom is -0.335 e. The summed E-state index contributed by atoms with van der Waals surface area (Å²) in [5, 5.41) is 10.7. The van der Waals surface area contributed by atoms with Crippen LogP contribution in [0.1, 0.15) is 13.8 Å². The lowest BCUT2D eigenvalue weighted by Crippen LogP contribution is -2.17. The van der Waals surface area contributed by atoms with Gasteiger partial charge in [0.05, 0.1) is 22.9 Å². The summed E-state index contributed by atoms with van der Waals surface area (Å²) in [5.41, 5.74) is 4.72. The van der Waals surface area contributed by atoms with Gasteiger partial charge in [-0.15, -0.1) is 0 Å². The first-order chi connectivity index (χ1) is 18.4. The number of H-pyrrole nitrogens is 2. The first-order valence-electron chi connectivity index (χ1n) is 11.9. The zero-order chi connectivity index (χ0) is 26.4. The molecule has 1 amide bonds. The van der Waals surface area contributed by atoms with Gasteiger partial charge in [-0.25, -0.2) is 18.7 Å². The van der Waals surface area contributed by atoms with Gasteiger partial charge in [0.1, 0.15) is 17.3 Å². The summed E-state index contributed by atoms with van der Waals surface area (Å²) in [6.45, 7) is 3.57. The SMILES string of the molecule is CC(C)C(=O)Nc1cncc(-c2cc3c(-c4nc5nccc(-c6cccc(F)c6)c5[nH]4)n[nH]c3cc2F)c1. The highest BCUT2D eigenvalue weighted by Crippen LogP contribution is 2.34. The number of aromatic amines is 2. The summed E-state index contributed by atoms with van der Waals surface area (Å²) in [6.07, 6.45) is 4.66. The molecule has 10 heteroatoms. The highest BCUT2D eigenvalue weighted by molar-refractivity contribution is 5.98. The Labute approximate surface area is 215 Å². The zero-order valence-corrected chi connectivity index (χ0v) is 20.4. The Balaban J connectivity index is 1.44. The molecule has 0 saturated heterocycles. The van der Waals surface area contributed by atoms with E-state index in [0.29, 0.717) is 56.0 Å². The average molecular weight is 510 g/mol. The van der Waals surface area contributed by atoms with Crippen molar-refractivity contribution in [3.63, 3.8) is 0 Å². The molecule has 4 aromatic heterocycles. The summed E-state index contributed by atoms with van der Waals surface area (Å²) in [7, 11) is 0. The molecule has 0 aliphatic carbocycles. The number of rotatable bonds is 5. The number of benzene rings is 2. The number of halogens is 2. The summed E-state index contributed by atoms with van der Waals surface area (Å²) >= 11 is 0. The first kappa shape index (κ1) is 23.4. The third-order valence-corrected chi connectivity index (χ3v) is 6.24. The Morgan fingerprint density at radius 1 is 1.00 bits per heavy atom. The molecular weight excluding hydrogens is 488 g/mol. The number of carbonyl (C=O) groups is 1. The van der Waals surface area contributed by atoms with E-state index in [4.69, 9.17) is 0 Å². The van der Waals surface area contributed by atoms with Crippen LogP contribution >= 0.6 is 0 Å². The summed E-state index contributed by atoms with van der Waals surface area (Å²) in [5.74, 6) is -0.756. The van der Waals surface area contributed by atoms with Gasteiger partial charge in [-0.3, -0.25) is 14.9 Å². The van der Waals surface area contributed by atoms with Crippen LogP contribution in [-0.2, 0) is 4.79 Å². The molecule has 4 heterocycles. The molecule has 0 bridgehead atoms. The predicted molar refractivity (Wildman–Crippen MR) is 141 cm³/mol. The average Bonchev–Trinajstić information content (AvgIpc) is 3.51. The number of aromatic nitrogens is 6. The van der Waals surface area contributed by atoms with Crippen LogP contribution in [-0.4, -0.2) is 36.0 Å². The molecule has 6 rings (SSSR count).